The van der Waals surface area contributed by atoms with Gasteiger partial charge in [-0.15, -0.1) is 0 Å². The van der Waals surface area contributed by atoms with E-state index in [1.54, 1.807) is 16.7 Å². The molecule has 0 aromatic heterocycles. The summed E-state index contributed by atoms with van der Waals surface area (Å²) in [5.74, 6) is 0.154. The Kier molecular flexibility index (Phi) is 5.31. The second-order valence-corrected chi connectivity index (χ2v) is 5.63. The number of aliphatic carboxylic acids is 1. The smallest absolute Gasteiger partial charge is 0.311 e. The molecule has 1 rings (SSSR count). The summed E-state index contributed by atoms with van der Waals surface area (Å²) in [4.78, 5) is 24.9. The number of carboxylic acid groups (broad SMARTS) is 1. The highest BCUT2D eigenvalue weighted by molar-refractivity contribution is 7.98. The lowest BCUT2D eigenvalue weighted by molar-refractivity contribution is -0.149. The van der Waals surface area contributed by atoms with E-state index in [1.165, 1.54) is 0 Å². The summed E-state index contributed by atoms with van der Waals surface area (Å²) in [6.07, 6.45) is 4.59. The van der Waals surface area contributed by atoms with Crippen LogP contribution in [-0.2, 0) is 9.59 Å². The van der Waals surface area contributed by atoms with Crippen LogP contribution in [0.2, 0.25) is 0 Å². The molecule has 1 heterocycles. The normalized spacial score (nSPS) is 24.0. The predicted octanol–water partition coefficient (Wildman–Crippen LogP) is 1.84. The SMILES string of the molecule is CCCC1(C(=O)O)CCN(C(=O)CCSC)C1. The molecule has 1 N–H and O–H groups in total. The lowest BCUT2D eigenvalue weighted by atomic mass is 9.83. The van der Waals surface area contributed by atoms with Crippen molar-refractivity contribution in [1.29, 1.82) is 0 Å². The summed E-state index contributed by atoms with van der Waals surface area (Å²) in [7, 11) is 0. The van der Waals surface area contributed by atoms with Gasteiger partial charge in [-0.05, 0) is 19.1 Å². The molecule has 17 heavy (non-hydrogen) atoms. The Labute approximate surface area is 107 Å². The van der Waals surface area contributed by atoms with Crippen LogP contribution in [0.25, 0.3) is 0 Å². The Morgan fingerprint density at radius 1 is 1.47 bits per heavy atom. The fourth-order valence-electron chi connectivity index (χ4n) is 2.40. The Balaban J connectivity index is 2.60. The van der Waals surface area contributed by atoms with Gasteiger partial charge in [-0.25, -0.2) is 0 Å². The Morgan fingerprint density at radius 2 is 2.18 bits per heavy atom. The first-order valence-electron chi connectivity index (χ1n) is 6.06. The van der Waals surface area contributed by atoms with Crippen LogP contribution in [0, 0.1) is 5.41 Å². The third kappa shape index (κ3) is 3.37. The Bertz CT molecular complexity index is 295. The van der Waals surface area contributed by atoms with Crippen LogP contribution in [0.3, 0.4) is 0 Å². The molecule has 0 aromatic carbocycles. The number of carboxylic acids is 1. The molecule has 4 nitrogen and oxygen atoms in total. The molecule has 0 aliphatic carbocycles. The summed E-state index contributed by atoms with van der Waals surface area (Å²) >= 11 is 1.64. The molecule has 1 aliphatic heterocycles. The van der Waals surface area contributed by atoms with Gasteiger partial charge in [-0.3, -0.25) is 9.59 Å². The van der Waals surface area contributed by atoms with Crippen LogP contribution in [0.4, 0.5) is 0 Å². The number of nitrogens with zero attached hydrogens (tertiary/aromatic N) is 1. The molecule has 98 valence electrons. The molecule has 0 aromatic rings. The summed E-state index contributed by atoms with van der Waals surface area (Å²) < 4.78 is 0. The summed E-state index contributed by atoms with van der Waals surface area (Å²) in [6, 6.07) is 0. The van der Waals surface area contributed by atoms with E-state index in [2.05, 4.69) is 0 Å². The van der Waals surface area contributed by atoms with Gasteiger partial charge in [0.15, 0.2) is 0 Å². The Morgan fingerprint density at radius 3 is 2.71 bits per heavy atom. The largest absolute Gasteiger partial charge is 0.481 e. The number of carbonyl (C=O) groups excluding carboxylic acids is 1. The van der Waals surface area contributed by atoms with E-state index < -0.39 is 11.4 Å². The molecule has 1 atom stereocenters. The molecule has 1 amide bonds. The van der Waals surface area contributed by atoms with Crippen molar-refractivity contribution in [3.8, 4) is 0 Å². The zero-order valence-corrected chi connectivity index (χ0v) is 11.4. The van der Waals surface area contributed by atoms with Crippen molar-refractivity contribution in [2.24, 2.45) is 5.41 Å². The molecule has 0 spiro atoms. The summed E-state index contributed by atoms with van der Waals surface area (Å²) in [5.41, 5.74) is -0.691. The maximum absolute atomic E-state index is 11.8. The number of hydrogen-bond acceptors (Lipinski definition) is 3. The average Bonchev–Trinajstić information content (AvgIpc) is 2.72. The highest BCUT2D eigenvalue weighted by Crippen LogP contribution is 2.35. The third-order valence-corrected chi connectivity index (χ3v) is 4.02. The molecule has 1 saturated heterocycles. The van der Waals surface area contributed by atoms with Crippen molar-refractivity contribution in [1.82, 2.24) is 4.90 Å². The van der Waals surface area contributed by atoms with Crippen molar-refractivity contribution in [3.63, 3.8) is 0 Å². The van der Waals surface area contributed by atoms with E-state index in [4.69, 9.17) is 0 Å². The number of thioether (sulfide) groups is 1. The minimum absolute atomic E-state index is 0.0959. The van der Waals surface area contributed by atoms with Gasteiger partial charge in [0, 0.05) is 25.3 Å². The van der Waals surface area contributed by atoms with Crippen molar-refractivity contribution < 1.29 is 14.7 Å². The number of hydrogen-bond donors (Lipinski definition) is 1. The highest BCUT2D eigenvalue weighted by Gasteiger charge is 2.45. The van der Waals surface area contributed by atoms with Crippen LogP contribution in [-0.4, -0.2) is 47.0 Å². The minimum atomic E-state index is -0.750. The van der Waals surface area contributed by atoms with E-state index in [0.29, 0.717) is 32.4 Å². The average molecular weight is 259 g/mol. The number of amides is 1. The quantitative estimate of drug-likeness (QED) is 0.791. The van der Waals surface area contributed by atoms with Crippen LogP contribution in [0.15, 0.2) is 0 Å². The van der Waals surface area contributed by atoms with E-state index in [1.807, 2.05) is 13.2 Å². The first-order valence-corrected chi connectivity index (χ1v) is 7.45. The second kappa shape index (κ2) is 6.28. The Hall–Kier alpha value is -0.710. The maximum Gasteiger partial charge on any atom is 0.311 e. The molecule has 1 fully saturated rings. The number of rotatable bonds is 6. The van der Waals surface area contributed by atoms with Gasteiger partial charge in [-0.1, -0.05) is 13.3 Å². The molecular formula is C12H21NO3S. The molecule has 1 unspecified atom stereocenters. The van der Waals surface area contributed by atoms with Crippen molar-refractivity contribution in [3.05, 3.63) is 0 Å². The predicted molar refractivity (Wildman–Crippen MR) is 69.2 cm³/mol. The minimum Gasteiger partial charge on any atom is -0.481 e. The van der Waals surface area contributed by atoms with Crippen LogP contribution < -0.4 is 0 Å². The van der Waals surface area contributed by atoms with Gasteiger partial charge in [0.2, 0.25) is 5.91 Å². The van der Waals surface area contributed by atoms with E-state index >= 15 is 0 Å². The van der Waals surface area contributed by atoms with E-state index in [-0.39, 0.29) is 5.91 Å². The van der Waals surface area contributed by atoms with E-state index in [9.17, 15) is 14.7 Å². The summed E-state index contributed by atoms with van der Waals surface area (Å²) in [5, 5.41) is 9.33. The van der Waals surface area contributed by atoms with Gasteiger partial charge in [0.1, 0.15) is 0 Å². The molecule has 0 saturated carbocycles. The fraction of sp³-hybridized carbons (Fsp3) is 0.833. The molecule has 5 heteroatoms. The zero-order chi connectivity index (χ0) is 12.9. The van der Waals surface area contributed by atoms with Crippen LogP contribution >= 0.6 is 11.8 Å². The standard InChI is InChI=1S/C12H21NO3S/c1-3-5-12(11(15)16)6-7-13(9-12)10(14)4-8-17-2/h3-9H2,1-2H3,(H,15,16). The van der Waals surface area contributed by atoms with Crippen molar-refractivity contribution >= 4 is 23.6 Å². The lowest BCUT2D eigenvalue weighted by Gasteiger charge is -2.24. The maximum atomic E-state index is 11.8. The highest BCUT2D eigenvalue weighted by atomic mass is 32.2. The zero-order valence-electron chi connectivity index (χ0n) is 10.6. The van der Waals surface area contributed by atoms with Gasteiger partial charge < -0.3 is 10.0 Å². The summed E-state index contributed by atoms with van der Waals surface area (Å²) in [6.45, 7) is 2.98. The van der Waals surface area contributed by atoms with Gasteiger partial charge in [0.25, 0.3) is 0 Å². The van der Waals surface area contributed by atoms with Gasteiger partial charge in [-0.2, -0.15) is 11.8 Å². The monoisotopic (exact) mass is 259 g/mol. The van der Waals surface area contributed by atoms with Gasteiger partial charge >= 0.3 is 5.97 Å². The lowest BCUT2D eigenvalue weighted by Crippen LogP contribution is -2.37. The van der Waals surface area contributed by atoms with Crippen molar-refractivity contribution in [2.45, 2.75) is 32.6 Å². The fourth-order valence-corrected chi connectivity index (χ4v) is 2.78. The van der Waals surface area contributed by atoms with Gasteiger partial charge in [0.05, 0.1) is 5.41 Å². The number of carbonyl (C=O) groups is 2. The molecule has 1 aliphatic rings. The molecular weight excluding hydrogens is 238 g/mol. The second-order valence-electron chi connectivity index (χ2n) is 4.64. The number of likely N-dealkylation sites (tertiary alicyclic amines) is 1. The third-order valence-electron chi connectivity index (χ3n) is 3.41. The molecule has 0 bridgehead atoms. The van der Waals surface area contributed by atoms with E-state index in [0.717, 1.165) is 12.2 Å². The first kappa shape index (κ1) is 14.4. The van der Waals surface area contributed by atoms with Crippen LogP contribution in [0.5, 0.6) is 0 Å². The topological polar surface area (TPSA) is 57.6 Å². The van der Waals surface area contributed by atoms with Crippen molar-refractivity contribution in [2.75, 3.05) is 25.1 Å². The first-order chi connectivity index (χ1) is 8.05. The van der Waals surface area contributed by atoms with Crippen LogP contribution in [0.1, 0.15) is 32.6 Å². The molecule has 0 radical (unpaired) electrons.